The zero-order valence-corrected chi connectivity index (χ0v) is 20.3. The molecule has 7 nitrogen and oxygen atoms in total. The fourth-order valence-electron chi connectivity index (χ4n) is 4.00. The second kappa shape index (κ2) is 9.84. The molecule has 2 heterocycles. The standard InChI is InChI=1S/C27H25N3O4S/c1-17-8-10-21(18(2)12-17)29-26(32)24-14-25(31)30(27(35-24)28-20-6-4-3-5-7-20)15-19-9-11-22-23(13-19)34-16-33-22/h3-13,24H,14-16H2,1-2H3,(H,29,32)/t24-/m0/s1. The van der Waals surface area contributed by atoms with E-state index < -0.39 is 5.25 Å². The molecule has 0 spiro atoms. The molecule has 1 N–H and O–H groups in total. The summed E-state index contributed by atoms with van der Waals surface area (Å²) in [6.07, 6.45) is 0.0831. The zero-order valence-electron chi connectivity index (χ0n) is 19.5. The minimum Gasteiger partial charge on any atom is -0.454 e. The van der Waals surface area contributed by atoms with E-state index in [1.807, 2.05) is 80.6 Å². The highest BCUT2D eigenvalue weighted by molar-refractivity contribution is 8.15. The number of amides is 2. The van der Waals surface area contributed by atoms with Crippen LogP contribution >= 0.6 is 11.8 Å². The predicted molar refractivity (Wildman–Crippen MR) is 137 cm³/mol. The minimum atomic E-state index is -0.585. The summed E-state index contributed by atoms with van der Waals surface area (Å²) in [5.74, 6) is 0.983. The van der Waals surface area contributed by atoms with Gasteiger partial charge in [-0.2, -0.15) is 0 Å². The number of hydrogen-bond donors (Lipinski definition) is 1. The van der Waals surface area contributed by atoms with Crippen LogP contribution in [0.15, 0.2) is 71.7 Å². The van der Waals surface area contributed by atoms with Crippen molar-refractivity contribution in [3.63, 3.8) is 0 Å². The van der Waals surface area contributed by atoms with Crippen LogP contribution in [0.5, 0.6) is 11.5 Å². The van der Waals surface area contributed by atoms with Crippen molar-refractivity contribution in [1.82, 2.24) is 4.90 Å². The van der Waals surface area contributed by atoms with Gasteiger partial charge in [0.05, 0.1) is 12.2 Å². The first-order valence-electron chi connectivity index (χ1n) is 11.3. The molecule has 0 bridgehead atoms. The fourth-order valence-corrected chi connectivity index (χ4v) is 5.10. The van der Waals surface area contributed by atoms with Crippen molar-refractivity contribution in [2.75, 3.05) is 12.1 Å². The minimum absolute atomic E-state index is 0.0831. The fraction of sp³-hybridized carbons (Fsp3) is 0.222. The average Bonchev–Trinajstić information content (AvgIpc) is 3.31. The molecular formula is C27H25N3O4S. The van der Waals surface area contributed by atoms with E-state index in [0.717, 1.165) is 22.4 Å². The van der Waals surface area contributed by atoms with Crippen molar-refractivity contribution < 1.29 is 19.1 Å². The number of fused-ring (bicyclic) bond motifs is 1. The summed E-state index contributed by atoms with van der Waals surface area (Å²) in [6.45, 7) is 4.47. The van der Waals surface area contributed by atoms with Crippen LogP contribution in [-0.2, 0) is 16.1 Å². The van der Waals surface area contributed by atoms with Gasteiger partial charge in [0.25, 0.3) is 0 Å². The number of ether oxygens (including phenoxy) is 2. The van der Waals surface area contributed by atoms with E-state index in [1.54, 1.807) is 4.90 Å². The molecule has 0 unspecified atom stereocenters. The van der Waals surface area contributed by atoms with Crippen molar-refractivity contribution in [3.05, 3.63) is 83.4 Å². The Morgan fingerprint density at radius 3 is 2.66 bits per heavy atom. The maximum absolute atomic E-state index is 13.3. The number of nitrogens with zero attached hydrogens (tertiary/aromatic N) is 2. The predicted octanol–water partition coefficient (Wildman–Crippen LogP) is 5.19. The molecule has 1 fully saturated rings. The molecule has 2 aliphatic heterocycles. The Bertz CT molecular complexity index is 1310. The number of carbonyl (C=O) groups excluding carboxylic acids is 2. The second-order valence-corrected chi connectivity index (χ2v) is 9.69. The third-order valence-corrected chi connectivity index (χ3v) is 7.02. The van der Waals surface area contributed by atoms with Crippen molar-refractivity contribution in [2.45, 2.75) is 32.1 Å². The Kier molecular flexibility index (Phi) is 6.46. The highest BCUT2D eigenvalue weighted by Crippen LogP contribution is 2.35. The number of hydrogen-bond acceptors (Lipinski definition) is 6. The molecule has 0 aliphatic carbocycles. The number of rotatable bonds is 5. The van der Waals surface area contributed by atoms with E-state index in [-0.39, 0.29) is 25.0 Å². The van der Waals surface area contributed by atoms with Gasteiger partial charge in [0.1, 0.15) is 5.25 Å². The molecule has 5 rings (SSSR count). The van der Waals surface area contributed by atoms with Gasteiger partial charge in [-0.15, -0.1) is 0 Å². The van der Waals surface area contributed by atoms with Crippen molar-refractivity contribution in [1.29, 1.82) is 0 Å². The monoisotopic (exact) mass is 487 g/mol. The molecule has 2 amide bonds. The Labute approximate surface area is 208 Å². The average molecular weight is 488 g/mol. The van der Waals surface area contributed by atoms with Gasteiger partial charge < -0.3 is 14.8 Å². The zero-order chi connectivity index (χ0) is 24.4. The lowest BCUT2D eigenvalue weighted by atomic mass is 10.1. The molecule has 2 aliphatic rings. The highest BCUT2D eigenvalue weighted by Gasteiger charge is 2.36. The van der Waals surface area contributed by atoms with Crippen molar-refractivity contribution >= 4 is 40.1 Å². The van der Waals surface area contributed by atoms with E-state index >= 15 is 0 Å². The molecule has 1 saturated heterocycles. The lowest BCUT2D eigenvalue weighted by Gasteiger charge is -2.32. The van der Waals surface area contributed by atoms with E-state index in [0.29, 0.717) is 28.9 Å². The molecule has 35 heavy (non-hydrogen) atoms. The lowest BCUT2D eigenvalue weighted by molar-refractivity contribution is -0.129. The molecule has 0 aromatic heterocycles. The van der Waals surface area contributed by atoms with Crippen LogP contribution in [0.4, 0.5) is 11.4 Å². The summed E-state index contributed by atoms with van der Waals surface area (Å²) in [4.78, 5) is 32.8. The van der Waals surface area contributed by atoms with Crippen molar-refractivity contribution in [3.8, 4) is 11.5 Å². The summed E-state index contributed by atoms with van der Waals surface area (Å²) >= 11 is 1.31. The number of carbonyl (C=O) groups is 2. The first-order chi connectivity index (χ1) is 17.0. The molecule has 0 saturated carbocycles. The number of aliphatic imine (C=N–C) groups is 1. The number of anilines is 1. The number of thioether (sulfide) groups is 1. The molecular weight excluding hydrogens is 462 g/mol. The topological polar surface area (TPSA) is 80.2 Å². The Balaban J connectivity index is 1.40. The quantitative estimate of drug-likeness (QED) is 0.536. The van der Waals surface area contributed by atoms with Gasteiger partial charge in [-0.25, -0.2) is 4.99 Å². The summed E-state index contributed by atoms with van der Waals surface area (Å²) < 4.78 is 10.9. The van der Waals surface area contributed by atoms with Gasteiger partial charge >= 0.3 is 0 Å². The first kappa shape index (κ1) is 23.0. The van der Waals surface area contributed by atoms with Crippen LogP contribution in [0, 0.1) is 13.8 Å². The van der Waals surface area contributed by atoms with Crippen LogP contribution in [0.2, 0.25) is 0 Å². The summed E-state index contributed by atoms with van der Waals surface area (Å²) in [6, 6.07) is 20.9. The van der Waals surface area contributed by atoms with Crippen LogP contribution in [0.25, 0.3) is 0 Å². The van der Waals surface area contributed by atoms with Gasteiger partial charge in [0, 0.05) is 12.1 Å². The van der Waals surface area contributed by atoms with E-state index in [1.165, 1.54) is 11.8 Å². The summed E-state index contributed by atoms with van der Waals surface area (Å²) in [5.41, 5.74) is 4.46. The van der Waals surface area contributed by atoms with Crippen LogP contribution < -0.4 is 14.8 Å². The number of aryl methyl sites for hydroxylation is 2. The van der Waals surface area contributed by atoms with E-state index in [2.05, 4.69) is 5.32 Å². The molecule has 0 radical (unpaired) electrons. The lowest BCUT2D eigenvalue weighted by Crippen LogP contribution is -2.44. The largest absolute Gasteiger partial charge is 0.454 e. The Morgan fingerprint density at radius 2 is 1.86 bits per heavy atom. The normalized spacial score (nSPS) is 18.1. The van der Waals surface area contributed by atoms with Crippen LogP contribution in [0.1, 0.15) is 23.1 Å². The van der Waals surface area contributed by atoms with Crippen molar-refractivity contribution in [2.24, 2.45) is 4.99 Å². The van der Waals surface area contributed by atoms with Gasteiger partial charge in [-0.3, -0.25) is 14.5 Å². The molecule has 8 heteroatoms. The maximum atomic E-state index is 13.3. The smallest absolute Gasteiger partial charge is 0.238 e. The number of benzene rings is 3. The summed E-state index contributed by atoms with van der Waals surface area (Å²) in [5, 5.41) is 2.90. The van der Waals surface area contributed by atoms with Gasteiger partial charge in [0.2, 0.25) is 18.6 Å². The van der Waals surface area contributed by atoms with E-state index in [9.17, 15) is 9.59 Å². The SMILES string of the molecule is Cc1ccc(NC(=O)[C@@H]2CC(=O)N(Cc3ccc4c(c3)OCO4)C(=Nc3ccccc3)S2)c(C)c1. The van der Waals surface area contributed by atoms with Crippen LogP contribution in [0.3, 0.4) is 0 Å². The number of amidine groups is 1. The second-order valence-electron chi connectivity index (χ2n) is 8.52. The molecule has 1 atom stereocenters. The summed E-state index contributed by atoms with van der Waals surface area (Å²) in [7, 11) is 0. The maximum Gasteiger partial charge on any atom is 0.238 e. The molecule has 3 aromatic rings. The molecule has 178 valence electrons. The van der Waals surface area contributed by atoms with Crippen LogP contribution in [-0.4, -0.2) is 33.9 Å². The Hall–Kier alpha value is -3.78. The van der Waals surface area contributed by atoms with E-state index in [4.69, 9.17) is 14.5 Å². The molecule has 3 aromatic carbocycles. The highest BCUT2D eigenvalue weighted by atomic mass is 32.2. The third-order valence-electron chi connectivity index (χ3n) is 5.83. The Morgan fingerprint density at radius 1 is 1.06 bits per heavy atom. The number of para-hydroxylation sites is 1. The van der Waals surface area contributed by atoms with Gasteiger partial charge in [-0.05, 0) is 55.3 Å². The van der Waals surface area contributed by atoms with Gasteiger partial charge in [0.15, 0.2) is 16.7 Å². The van der Waals surface area contributed by atoms with Gasteiger partial charge in [-0.1, -0.05) is 53.7 Å². The number of nitrogens with one attached hydrogen (secondary N) is 1. The third kappa shape index (κ3) is 5.17. The first-order valence-corrected chi connectivity index (χ1v) is 12.2.